The van der Waals surface area contributed by atoms with E-state index in [0.29, 0.717) is 10.7 Å². The van der Waals surface area contributed by atoms with Crippen LogP contribution in [0, 0.1) is 5.92 Å². The first kappa shape index (κ1) is 20.5. The Morgan fingerprint density at radius 3 is 2.09 bits per heavy atom. The highest BCUT2D eigenvalue weighted by Crippen LogP contribution is 2.47. The Kier molecular flexibility index (Phi) is 5.12. The number of rotatable bonds is 4. The van der Waals surface area contributed by atoms with E-state index < -0.39 is 18.1 Å². The minimum Gasteiger partial charge on any atom is -0.378 e. The number of halogens is 1. The van der Waals surface area contributed by atoms with Gasteiger partial charge in [-0.05, 0) is 54.1 Å². The molecule has 0 unspecified atom stereocenters. The van der Waals surface area contributed by atoms with E-state index in [1.807, 2.05) is 73.6 Å². The van der Waals surface area contributed by atoms with Crippen molar-refractivity contribution < 1.29 is 14.4 Å². The van der Waals surface area contributed by atoms with Crippen LogP contribution in [0.15, 0.2) is 78.9 Å². The molecule has 162 valence electrons. The van der Waals surface area contributed by atoms with Crippen molar-refractivity contribution in [2.24, 2.45) is 5.92 Å². The molecule has 2 saturated heterocycles. The minimum absolute atomic E-state index is 0.260. The molecule has 2 aliphatic rings. The number of imide groups is 1. The fraction of sp³-hybridized carbons (Fsp3) is 0.200. The molecule has 0 aliphatic carbocycles. The zero-order valence-corrected chi connectivity index (χ0v) is 18.4. The highest BCUT2D eigenvalue weighted by atomic mass is 35.5. The quantitative estimate of drug-likeness (QED) is 0.553. The minimum atomic E-state index is -0.892. The van der Waals surface area contributed by atoms with Gasteiger partial charge in [0.2, 0.25) is 5.91 Å². The second-order valence-corrected chi connectivity index (χ2v) is 8.57. The van der Waals surface area contributed by atoms with Crippen molar-refractivity contribution >= 4 is 40.5 Å². The maximum atomic E-state index is 13.6. The van der Waals surface area contributed by atoms with Crippen molar-refractivity contribution in [2.75, 3.05) is 29.0 Å². The van der Waals surface area contributed by atoms with E-state index in [4.69, 9.17) is 16.4 Å². The topological polar surface area (TPSA) is 53.1 Å². The Balaban J connectivity index is 1.57. The summed E-state index contributed by atoms with van der Waals surface area (Å²) in [5.74, 6) is -1.27. The van der Waals surface area contributed by atoms with Gasteiger partial charge in [0.1, 0.15) is 5.92 Å². The first-order chi connectivity index (χ1) is 15.5. The summed E-state index contributed by atoms with van der Waals surface area (Å²) in [6.45, 7) is 0. The highest BCUT2D eigenvalue weighted by Gasteiger charge is 2.60. The van der Waals surface area contributed by atoms with Crippen LogP contribution in [-0.2, 0) is 14.4 Å². The van der Waals surface area contributed by atoms with Crippen LogP contribution in [-0.4, -0.2) is 32.0 Å². The number of hydrogen-bond donors (Lipinski definition) is 0. The largest absolute Gasteiger partial charge is 0.378 e. The predicted octanol–water partition coefficient (Wildman–Crippen LogP) is 4.46. The number of para-hydroxylation sites is 1. The summed E-state index contributed by atoms with van der Waals surface area (Å²) in [6.07, 6.45) is -0.892. The van der Waals surface area contributed by atoms with E-state index in [0.717, 1.165) is 16.9 Å². The first-order valence-electron chi connectivity index (χ1n) is 10.4. The van der Waals surface area contributed by atoms with E-state index >= 15 is 0 Å². The summed E-state index contributed by atoms with van der Waals surface area (Å²) in [5, 5.41) is 2.27. The van der Waals surface area contributed by atoms with Crippen LogP contribution < -0.4 is 14.9 Å². The van der Waals surface area contributed by atoms with E-state index in [1.54, 1.807) is 29.3 Å². The number of amides is 2. The average molecular weight is 448 g/mol. The lowest BCUT2D eigenvalue weighted by molar-refractivity contribution is -0.126. The third-order valence-corrected chi connectivity index (χ3v) is 6.21. The lowest BCUT2D eigenvalue weighted by Crippen LogP contribution is -2.37. The third-order valence-electron chi connectivity index (χ3n) is 5.96. The van der Waals surface area contributed by atoms with Gasteiger partial charge in [0.25, 0.3) is 5.91 Å². The zero-order chi connectivity index (χ0) is 22.4. The van der Waals surface area contributed by atoms with Gasteiger partial charge in [-0.2, -0.15) is 0 Å². The van der Waals surface area contributed by atoms with E-state index in [1.165, 1.54) is 4.90 Å². The van der Waals surface area contributed by atoms with Crippen LogP contribution in [0.25, 0.3) is 0 Å². The van der Waals surface area contributed by atoms with Crippen LogP contribution in [0.2, 0.25) is 5.02 Å². The zero-order valence-electron chi connectivity index (χ0n) is 17.7. The second kappa shape index (κ2) is 7.97. The van der Waals surface area contributed by atoms with Gasteiger partial charge in [-0.15, -0.1) is 0 Å². The van der Waals surface area contributed by atoms with Crippen molar-refractivity contribution in [1.29, 1.82) is 0 Å². The Morgan fingerprint density at radius 1 is 0.812 bits per heavy atom. The van der Waals surface area contributed by atoms with E-state index in [-0.39, 0.29) is 11.8 Å². The lowest BCUT2D eigenvalue weighted by Gasteiger charge is -2.29. The van der Waals surface area contributed by atoms with Gasteiger partial charge in [0, 0.05) is 24.8 Å². The molecular weight excluding hydrogens is 426 g/mol. The molecule has 7 heteroatoms. The molecule has 3 aromatic rings. The molecule has 3 aromatic carbocycles. The Morgan fingerprint density at radius 2 is 1.47 bits per heavy atom. The van der Waals surface area contributed by atoms with Crippen LogP contribution in [0.3, 0.4) is 0 Å². The fourth-order valence-corrected chi connectivity index (χ4v) is 4.49. The molecule has 0 N–H and O–H groups in total. The Bertz CT molecular complexity index is 1150. The lowest BCUT2D eigenvalue weighted by atomic mass is 9.90. The normalized spacial score (nSPS) is 22.4. The number of benzene rings is 3. The molecule has 2 aliphatic heterocycles. The smallest absolute Gasteiger partial charge is 0.266 e. The Labute approximate surface area is 191 Å². The number of carbonyl (C=O) groups is 2. The number of hydroxylamine groups is 1. The number of fused-ring (bicyclic) bond motifs is 1. The van der Waals surface area contributed by atoms with Crippen LogP contribution >= 0.6 is 11.6 Å². The summed E-state index contributed by atoms with van der Waals surface area (Å²) in [4.78, 5) is 36.2. The summed E-state index contributed by atoms with van der Waals surface area (Å²) >= 11 is 6.07. The molecule has 5 rings (SSSR count). The molecular formula is C25H22ClN3O3. The number of anilines is 3. The van der Waals surface area contributed by atoms with Crippen LogP contribution in [0.5, 0.6) is 0 Å². The monoisotopic (exact) mass is 447 g/mol. The van der Waals surface area contributed by atoms with E-state index in [2.05, 4.69) is 0 Å². The molecule has 32 heavy (non-hydrogen) atoms. The number of hydrogen-bond acceptors (Lipinski definition) is 5. The van der Waals surface area contributed by atoms with E-state index in [9.17, 15) is 9.59 Å². The molecule has 3 atom stereocenters. The average Bonchev–Trinajstić information content (AvgIpc) is 3.31. The molecule has 0 radical (unpaired) electrons. The molecule has 2 amide bonds. The molecule has 0 spiro atoms. The molecule has 2 fully saturated rings. The molecule has 0 aromatic heterocycles. The highest BCUT2D eigenvalue weighted by molar-refractivity contribution is 6.30. The van der Waals surface area contributed by atoms with Gasteiger partial charge >= 0.3 is 0 Å². The van der Waals surface area contributed by atoms with Crippen molar-refractivity contribution in [2.45, 2.75) is 12.1 Å². The van der Waals surface area contributed by atoms with Gasteiger partial charge < -0.3 is 4.90 Å². The van der Waals surface area contributed by atoms with Crippen molar-refractivity contribution in [1.82, 2.24) is 0 Å². The Hall–Kier alpha value is -3.35. The SMILES string of the molecule is CN(C)c1ccc([C@H]2[C@@H]3C(=O)N(c4ccccc4)C(=O)[C@H]3ON2c2ccc(Cl)cc2)cc1. The summed E-state index contributed by atoms with van der Waals surface area (Å²) in [6, 6.07) is 23.7. The van der Waals surface area contributed by atoms with Crippen molar-refractivity contribution in [3.63, 3.8) is 0 Å². The first-order valence-corrected chi connectivity index (χ1v) is 10.8. The maximum Gasteiger partial charge on any atom is 0.266 e. The predicted molar refractivity (Wildman–Crippen MR) is 125 cm³/mol. The summed E-state index contributed by atoms with van der Waals surface area (Å²) in [7, 11) is 3.95. The van der Waals surface area contributed by atoms with Gasteiger partial charge in [-0.1, -0.05) is 41.9 Å². The van der Waals surface area contributed by atoms with Gasteiger partial charge in [0.15, 0.2) is 6.10 Å². The van der Waals surface area contributed by atoms with Crippen molar-refractivity contribution in [3.05, 3.63) is 89.4 Å². The molecule has 0 saturated carbocycles. The van der Waals surface area contributed by atoms with Crippen molar-refractivity contribution in [3.8, 4) is 0 Å². The van der Waals surface area contributed by atoms with Gasteiger partial charge in [-0.3, -0.25) is 14.4 Å². The molecule has 6 nitrogen and oxygen atoms in total. The summed E-state index contributed by atoms with van der Waals surface area (Å²) < 4.78 is 0. The summed E-state index contributed by atoms with van der Waals surface area (Å²) in [5.41, 5.74) is 3.23. The van der Waals surface area contributed by atoms with Crippen LogP contribution in [0.4, 0.5) is 17.1 Å². The van der Waals surface area contributed by atoms with Gasteiger partial charge in [0.05, 0.1) is 17.4 Å². The third kappa shape index (κ3) is 3.32. The maximum absolute atomic E-state index is 13.6. The second-order valence-electron chi connectivity index (χ2n) is 8.13. The van der Waals surface area contributed by atoms with Crippen LogP contribution in [0.1, 0.15) is 11.6 Å². The molecule has 0 bridgehead atoms. The van der Waals surface area contributed by atoms with Gasteiger partial charge in [-0.25, -0.2) is 9.96 Å². The number of carbonyl (C=O) groups excluding carboxylic acids is 2. The standard InChI is InChI=1S/C25H22ClN3O3/c1-27(2)18-12-8-16(9-13-18)22-21-23(32-29(22)20-14-10-17(26)11-15-20)25(31)28(24(21)30)19-6-4-3-5-7-19/h3-15,21-23H,1-2H3/t21-,22-,23-/m0/s1. The fourth-order valence-electron chi connectivity index (χ4n) is 4.37. The molecule has 2 heterocycles. The number of nitrogens with zero attached hydrogens (tertiary/aromatic N) is 3.